The molecule has 6 atom stereocenters. The Morgan fingerprint density at radius 2 is 0.653 bits per heavy atom. The van der Waals surface area contributed by atoms with Crippen LogP contribution in [0.2, 0.25) is 36.3 Å². The number of esters is 2. The molecule has 0 aromatic heterocycles. The largest absolute Gasteiger partial charge is 0.458 e. The van der Waals surface area contributed by atoms with Gasteiger partial charge in [0.25, 0.3) is 0 Å². The molecule has 0 aliphatic heterocycles. The summed E-state index contributed by atoms with van der Waals surface area (Å²) in [5.74, 6) is -1.00. The summed E-state index contributed by atoms with van der Waals surface area (Å²) >= 11 is 0. The lowest BCUT2D eigenvalue weighted by molar-refractivity contribution is -0.180. The standard InChI is InChI=1S/2C29H45NO4SSi/c2*1-26(2,3)33-25(31)29(23-20-16-13-17-21-23,34-36(10,11)28(7,8)9)24(22-18-14-12-15-19-22)30-35(32)27(4,5)6/h2*12-21,24,30H,1-11H3/t2*24-,29-,35-/m11/s1. The highest BCUT2D eigenvalue weighted by Gasteiger charge is 2.59. The molecule has 72 heavy (non-hydrogen) atoms. The van der Waals surface area contributed by atoms with Crippen LogP contribution in [0.25, 0.3) is 0 Å². The van der Waals surface area contributed by atoms with E-state index in [0.717, 1.165) is 11.1 Å². The van der Waals surface area contributed by atoms with E-state index in [1.807, 2.05) is 204 Å². The van der Waals surface area contributed by atoms with Crippen LogP contribution in [0.5, 0.6) is 0 Å². The van der Waals surface area contributed by atoms with Crippen molar-refractivity contribution in [3.63, 3.8) is 0 Å². The first-order valence-electron chi connectivity index (χ1n) is 25.1. The first-order valence-corrected chi connectivity index (χ1v) is 33.2. The summed E-state index contributed by atoms with van der Waals surface area (Å²) in [5, 5.41) is -0.390. The predicted octanol–water partition coefficient (Wildman–Crippen LogP) is 14.1. The summed E-state index contributed by atoms with van der Waals surface area (Å²) < 4.78 is 59.3. The number of carbonyl (C=O) groups excluding carboxylic acids is 2. The van der Waals surface area contributed by atoms with Gasteiger partial charge in [0.15, 0.2) is 16.6 Å². The molecule has 0 saturated carbocycles. The Morgan fingerprint density at radius 3 is 0.861 bits per heavy atom. The summed E-state index contributed by atoms with van der Waals surface area (Å²) in [4.78, 5) is 28.9. The van der Waals surface area contributed by atoms with Gasteiger partial charge in [-0.05, 0) is 142 Å². The molecule has 0 amide bonds. The molecule has 10 nitrogen and oxygen atoms in total. The molecule has 0 spiro atoms. The molecule has 0 heterocycles. The van der Waals surface area contributed by atoms with Crippen molar-refractivity contribution in [3.05, 3.63) is 144 Å². The minimum absolute atomic E-state index is 0.195. The van der Waals surface area contributed by atoms with Gasteiger partial charge in [-0.25, -0.2) is 27.5 Å². The number of carbonyl (C=O) groups is 2. The zero-order chi connectivity index (χ0) is 55.2. The number of hydrogen-bond donors (Lipinski definition) is 2. The van der Waals surface area contributed by atoms with Crippen molar-refractivity contribution in [2.45, 2.75) is 205 Å². The summed E-state index contributed by atoms with van der Waals surface area (Å²) in [6.45, 7) is 43.9. The second-order valence-electron chi connectivity index (χ2n) is 25.6. The number of ether oxygens (including phenoxy) is 2. The van der Waals surface area contributed by atoms with Crippen LogP contribution >= 0.6 is 0 Å². The maximum absolute atomic E-state index is 14.5. The number of nitrogens with one attached hydrogen (secondary N) is 2. The lowest BCUT2D eigenvalue weighted by Crippen LogP contribution is -2.59. The third-order valence-electron chi connectivity index (χ3n) is 12.9. The quantitative estimate of drug-likeness (QED) is 0.0838. The zero-order valence-corrected chi connectivity index (χ0v) is 51.4. The third-order valence-corrected chi connectivity index (χ3v) is 24.9. The van der Waals surface area contributed by atoms with Crippen LogP contribution < -0.4 is 9.44 Å². The van der Waals surface area contributed by atoms with Crippen molar-refractivity contribution in [1.29, 1.82) is 0 Å². The van der Waals surface area contributed by atoms with E-state index in [1.54, 1.807) is 0 Å². The van der Waals surface area contributed by atoms with Crippen molar-refractivity contribution in [2.75, 3.05) is 0 Å². The molecule has 0 saturated heterocycles. The van der Waals surface area contributed by atoms with E-state index in [0.29, 0.717) is 11.1 Å². The van der Waals surface area contributed by atoms with E-state index in [2.05, 4.69) is 77.2 Å². The highest BCUT2D eigenvalue weighted by atomic mass is 32.2. The first kappa shape index (κ1) is 62.7. The lowest BCUT2D eigenvalue weighted by atomic mass is 9.82. The summed E-state index contributed by atoms with van der Waals surface area (Å²) in [5.41, 5.74) is -1.75. The second kappa shape index (κ2) is 23.5. The molecular weight excluding hydrogens is 973 g/mol. The van der Waals surface area contributed by atoms with Gasteiger partial charge in [0.05, 0.1) is 43.5 Å². The fourth-order valence-electron chi connectivity index (χ4n) is 6.94. The molecule has 0 unspecified atom stereocenters. The van der Waals surface area contributed by atoms with E-state index >= 15 is 0 Å². The van der Waals surface area contributed by atoms with Crippen molar-refractivity contribution in [1.82, 2.24) is 9.44 Å². The Bertz CT molecular complexity index is 2240. The van der Waals surface area contributed by atoms with Crippen LogP contribution in [0.15, 0.2) is 121 Å². The van der Waals surface area contributed by atoms with Gasteiger partial charge in [0, 0.05) is 0 Å². The molecular formula is C58H90N2O8S2Si2. The highest BCUT2D eigenvalue weighted by molar-refractivity contribution is 7.84. The molecule has 0 radical (unpaired) electrons. The van der Waals surface area contributed by atoms with E-state index in [-0.39, 0.29) is 10.1 Å². The third kappa shape index (κ3) is 16.2. The predicted molar refractivity (Wildman–Crippen MR) is 305 cm³/mol. The van der Waals surface area contributed by atoms with Crippen LogP contribution in [-0.4, -0.2) is 57.7 Å². The normalized spacial score (nSPS) is 16.6. The van der Waals surface area contributed by atoms with Crippen molar-refractivity contribution >= 4 is 50.5 Å². The Hall–Kier alpha value is -3.61. The molecule has 0 bridgehead atoms. The van der Waals surface area contributed by atoms with Crippen molar-refractivity contribution in [2.24, 2.45) is 0 Å². The van der Waals surface area contributed by atoms with E-state index in [1.165, 1.54) is 0 Å². The summed E-state index contributed by atoms with van der Waals surface area (Å²) in [7, 11) is -8.19. The summed E-state index contributed by atoms with van der Waals surface area (Å²) in [6.07, 6.45) is 0. The molecule has 14 heteroatoms. The van der Waals surface area contributed by atoms with Crippen LogP contribution in [0.3, 0.4) is 0 Å². The smallest absolute Gasteiger partial charge is 0.344 e. The Balaban J connectivity index is 0.000000380. The van der Waals surface area contributed by atoms with Gasteiger partial charge in [-0.2, -0.15) is 0 Å². The minimum atomic E-state index is -2.59. The van der Waals surface area contributed by atoms with Gasteiger partial charge in [0.1, 0.15) is 11.2 Å². The molecule has 0 aliphatic rings. The molecule has 4 aromatic carbocycles. The Labute approximate surface area is 442 Å². The van der Waals surface area contributed by atoms with Gasteiger partial charge >= 0.3 is 11.9 Å². The van der Waals surface area contributed by atoms with E-state index in [4.69, 9.17) is 18.3 Å². The molecule has 4 rings (SSSR count). The molecule has 4 aromatic rings. The SMILES string of the molecule is CC(C)(C)OC(=O)[C@@](O[Si](C)(C)C(C)(C)C)(c1ccccc1)[C@H](N[S@](=O)C(C)(C)C)c1ccccc1.CC(C)(C)OC(=O)[C@@](O[Si](C)(C)C(C)(C)C)(c1ccccc1)[C@H](N[S@](=O)C(C)(C)C)c1ccccc1. The Morgan fingerprint density at radius 1 is 0.417 bits per heavy atom. The second-order valence-corrected chi connectivity index (χ2v) is 39.1. The number of rotatable bonds is 16. The van der Waals surface area contributed by atoms with Crippen LogP contribution in [0.1, 0.15) is 159 Å². The monoisotopic (exact) mass is 1060 g/mol. The maximum atomic E-state index is 14.5. The van der Waals surface area contributed by atoms with Gasteiger partial charge in [-0.1, -0.05) is 163 Å². The van der Waals surface area contributed by atoms with E-state index in [9.17, 15) is 18.0 Å². The average Bonchev–Trinajstić information content (AvgIpc) is 3.24. The van der Waals surface area contributed by atoms with Crippen LogP contribution in [0.4, 0.5) is 0 Å². The maximum Gasteiger partial charge on any atom is 0.344 e. The lowest BCUT2D eigenvalue weighted by Gasteiger charge is -2.48. The van der Waals surface area contributed by atoms with Crippen LogP contribution in [0, 0.1) is 0 Å². The van der Waals surface area contributed by atoms with Gasteiger partial charge < -0.3 is 18.3 Å². The average molecular weight is 1060 g/mol. The van der Waals surface area contributed by atoms with Crippen molar-refractivity contribution < 1.29 is 36.3 Å². The van der Waals surface area contributed by atoms with Gasteiger partial charge in [0.2, 0.25) is 11.2 Å². The number of hydrogen-bond acceptors (Lipinski definition) is 8. The van der Waals surface area contributed by atoms with Gasteiger partial charge in [-0.15, -0.1) is 0 Å². The van der Waals surface area contributed by atoms with Crippen LogP contribution in [-0.2, 0) is 61.1 Å². The molecule has 2 N–H and O–H groups in total. The van der Waals surface area contributed by atoms with Crippen molar-refractivity contribution in [3.8, 4) is 0 Å². The molecule has 0 aliphatic carbocycles. The fourth-order valence-corrected chi connectivity index (χ4v) is 11.5. The summed E-state index contributed by atoms with van der Waals surface area (Å²) in [6, 6.07) is 36.7. The molecule has 400 valence electrons. The zero-order valence-electron chi connectivity index (χ0n) is 47.8. The highest BCUT2D eigenvalue weighted by Crippen LogP contribution is 2.50. The minimum Gasteiger partial charge on any atom is -0.458 e. The Kier molecular flexibility index (Phi) is 20.5. The fraction of sp³-hybridized carbons (Fsp3) is 0.552. The van der Waals surface area contributed by atoms with E-state index < -0.39 is 94.5 Å². The first-order chi connectivity index (χ1) is 32.6. The topological polar surface area (TPSA) is 129 Å². The molecule has 0 fully saturated rings. The number of benzene rings is 4. The van der Waals surface area contributed by atoms with Gasteiger partial charge in [-0.3, -0.25) is 0 Å².